The van der Waals surface area contributed by atoms with Gasteiger partial charge in [-0.2, -0.15) is 0 Å². The van der Waals surface area contributed by atoms with Crippen LogP contribution in [0.4, 0.5) is 0 Å². The smallest absolute Gasteiger partial charge is 0.243 e. The van der Waals surface area contributed by atoms with Crippen molar-refractivity contribution < 1.29 is 9.59 Å². The number of benzene rings is 3. The van der Waals surface area contributed by atoms with Crippen LogP contribution in [0.5, 0.6) is 0 Å². The van der Waals surface area contributed by atoms with E-state index in [-0.39, 0.29) is 18.2 Å². The molecule has 0 spiro atoms. The molecule has 0 fully saturated rings. The average Bonchev–Trinajstić information content (AvgIpc) is 2.92. The normalized spacial score (nSPS) is 14.8. The molecule has 0 bridgehead atoms. The van der Waals surface area contributed by atoms with Gasteiger partial charge in [0.1, 0.15) is 6.04 Å². The summed E-state index contributed by atoms with van der Waals surface area (Å²) in [6, 6.07) is 26.0. The molecule has 0 saturated heterocycles. The number of carbonyl (C=O) groups is 2. The van der Waals surface area contributed by atoms with Gasteiger partial charge in [0.25, 0.3) is 0 Å². The maximum absolute atomic E-state index is 13.5. The van der Waals surface area contributed by atoms with Crippen molar-refractivity contribution in [1.29, 1.82) is 0 Å². The van der Waals surface area contributed by atoms with Gasteiger partial charge in [0.2, 0.25) is 11.8 Å². The van der Waals surface area contributed by atoms with Crippen molar-refractivity contribution in [2.24, 2.45) is 5.73 Å². The topological polar surface area (TPSA) is 75.4 Å². The predicted octanol–water partition coefficient (Wildman–Crippen LogP) is 4.88. The lowest BCUT2D eigenvalue weighted by Gasteiger charge is -2.36. The van der Waals surface area contributed by atoms with Gasteiger partial charge < -0.3 is 16.0 Å². The van der Waals surface area contributed by atoms with Crippen LogP contribution in [-0.4, -0.2) is 35.8 Å². The summed E-state index contributed by atoms with van der Waals surface area (Å²) in [5, 5.41) is 3.09. The van der Waals surface area contributed by atoms with Gasteiger partial charge in [-0.1, -0.05) is 98.1 Å². The zero-order valence-corrected chi connectivity index (χ0v) is 21.0. The Kier molecular flexibility index (Phi) is 9.28. The second kappa shape index (κ2) is 13.0. The molecule has 0 radical (unpaired) electrons. The molecule has 3 N–H and O–H groups in total. The number of hydrogen-bond acceptors (Lipinski definition) is 3. The van der Waals surface area contributed by atoms with Crippen molar-refractivity contribution in [3.63, 3.8) is 0 Å². The highest BCUT2D eigenvalue weighted by Gasteiger charge is 2.34. The highest BCUT2D eigenvalue weighted by atomic mass is 16.2. The number of rotatable bonds is 11. The highest BCUT2D eigenvalue weighted by Crippen LogP contribution is 2.25. The van der Waals surface area contributed by atoms with Crippen molar-refractivity contribution in [3.05, 3.63) is 95.6 Å². The predicted molar refractivity (Wildman–Crippen MR) is 145 cm³/mol. The molecule has 0 aliphatic carbocycles. The molecule has 0 aromatic heterocycles. The quantitative estimate of drug-likeness (QED) is 0.382. The van der Waals surface area contributed by atoms with E-state index >= 15 is 0 Å². The number of nitrogens with two attached hydrogens (primary N) is 1. The van der Waals surface area contributed by atoms with E-state index in [2.05, 4.69) is 41.7 Å². The second-order valence-corrected chi connectivity index (χ2v) is 9.60. The van der Waals surface area contributed by atoms with Gasteiger partial charge >= 0.3 is 0 Å². The van der Waals surface area contributed by atoms with Gasteiger partial charge in [0.05, 0.1) is 6.42 Å². The van der Waals surface area contributed by atoms with Crippen molar-refractivity contribution >= 4 is 11.8 Å². The minimum atomic E-state index is -0.478. The fourth-order valence-corrected chi connectivity index (χ4v) is 4.87. The maximum Gasteiger partial charge on any atom is 0.243 e. The minimum absolute atomic E-state index is 0.0149. The Balaban J connectivity index is 1.40. The number of hydrogen-bond donors (Lipinski definition) is 2. The standard InChI is InChI=1S/C31H37N3O2/c32-19-9-2-1-3-10-20-33-31(36)29-22-27-13-7-8-14-28(27)23-34(29)30(35)21-24-15-17-26(18-16-24)25-11-5-4-6-12-25/h4-8,11-18,29H,1-3,9-10,19-23,32H2,(H,33,36). The van der Waals surface area contributed by atoms with Crippen LogP contribution in [0.15, 0.2) is 78.9 Å². The molecule has 1 aliphatic heterocycles. The molecule has 3 aromatic rings. The summed E-state index contributed by atoms with van der Waals surface area (Å²) in [5.41, 5.74) is 11.1. The summed E-state index contributed by atoms with van der Waals surface area (Å²) in [5.74, 6) is -0.0712. The van der Waals surface area contributed by atoms with Crippen molar-refractivity contribution in [3.8, 4) is 11.1 Å². The molecule has 5 nitrogen and oxygen atoms in total. The monoisotopic (exact) mass is 483 g/mol. The zero-order valence-electron chi connectivity index (χ0n) is 21.0. The van der Waals surface area contributed by atoms with Gasteiger partial charge in [-0.3, -0.25) is 9.59 Å². The first-order valence-electron chi connectivity index (χ1n) is 13.1. The Bertz CT molecular complexity index is 1130. The molecule has 5 heteroatoms. The molecule has 1 unspecified atom stereocenters. The molecule has 36 heavy (non-hydrogen) atoms. The van der Waals surface area contributed by atoms with Gasteiger partial charge in [-0.15, -0.1) is 0 Å². The summed E-state index contributed by atoms with van der Waals surface area (Å²) in [4.78, 5) is 28.4. The van der Waals surface area contributed by atoms with Crippen molar-refractivity contribution in [2.45, 2.75) is 57.5 Å². The molecule has 1 atom stereocenters. The zero-order chi connectivity index (χ0) is 25.2. The first kappa shape index (κ1) is 25.6. The third-order valence-corrected chi connectivity index (χ3v) is 6.97. The Labute approximate surface area is 214 Å². The molecule has 4 rings (SSSR count). The van der Waals surface area contributed by atoms with Crippen LogP contribution in [-0.2, 0) is 29.0 Å². The van der Waals surface area contributed by atoms with Crippen LogP contribution in [0, 0.1) is 0 Å². The number of fused-ring (bicyclic) bond motifs is 1. The summed E-state index contributed by atoms with van der Waals surface area (Å²) in [6.07, 6.45) is 6.19. The third-order valence-electron chi connectivity index (χ3n) is 6.97. The average molecular weight is 484 g/mol. The van der Waals surface area contributed by atoms with E-state index in [0.29, 0.717) is 19.5 Å². The van der Waals surface area contributed by atoms with E-state index in [1.54, 1.807) is 4.90 Å². The van der Waals surface area contributed by atoms with E-state index in [1.807, 2.05) is 42.5 Å². The van der Waals surface area contributed by atoms with Gasteiger partial charge in [-0.05, 0) is 47.2 Å². The second-order valence-electron chi connectivity index (χ2n) is 9.60. The molecular weight excluding hydrogens is 446 g/mol. The lowest BCUT2D eigenvalue weighted by Crippen LogP contribution is -2.53. The van der Waals surface area contributed by atoms with E-state index in [9.17, 15) is 9.59 Å². The highest BCUT2D eigenvalue weighted by molar-refractivity contribution is 5.89. The van der Waals surface area contributed by atoms with Crippen LogP contribution in [0.1, 0.15) is 48.8 Å². The Morgan fingerprint density at radius 2 is 1.42 bits per heavy atom. The Morgan fingerprint density at radius 3 is 2.17 bits per heavy atom. The Hall–Kier alpha value is -3.44. The van der Waals surface area contributed by atoms with Crippen LogP contribution in [0.3, 0.4) is 0 Å². The first-order chi connectivity index (χ1) is 17.7. The fraction of sp³-hybridized carbons (Fsp3) is 0.355. The molecule has 188 valence electrons. The van der Waals surface area contributed by atoms with Crippen LogP contribution >= 0.6 is 0 Å². The molecule has 1 heterocycles. The number of unbranched alkanes of at least 4 members (excludes halogenated alkanes) is 4. The summed E-state index contributed by atoms with van der Waals surface area (Å²) >= 11 is 0. The summed E-state index contributed by atoms with van der Waals surface area (Å²) < 4.78 is 0. The van der Waals surface area contributed by atoms with Crippen LogP contribution in [0.2, 0.25) is 0 Å². The Morgan fingerprint density at radius 1 is 0.778 bits per heavy atom. The molecule has 2 amide bonds. The number of carbonyl (C=O) groups excluding carboxylic acids is 2. The van der Waals surface area contributed by atoms with E-state index in [4.69, 9.17) is 5.73 Å². The molecular formula is C31H37N3O2. The van der Waals surface area contributed by atoms with E-state index in [1.165, 1.54) is 0 Å². The van der Waals surface area contributed by atoms with Gasteiger partial charge in [0, 0.05) is 19.5 Å². The van der Waals surface area contributed by atoms with Crippen molar-refractivity contribution in [1.82, 2.24) is 10.2 Å². The third kappa shape index (κ3) is 6.82. The first-order valence-corrected chi connectivity index (χ1v) is 13.1. The number of amides is 2. The SMILES string of the molecule is NCCCCCCCNC(=O)C1Cc2ccccc2CN1C(=O)Cc1ccc(-c2ccccc2)cc1. The number of nitrogens with one attached hydrogen (secondary N) is 1. The van der Waals surface area contributed by atoms with Gasteiger partial charge in [0.15, 0.2) is 0 Å². The molecule has 1 aliphatic rings. The van der Waals surface area contributed by atoms with E-state index in [0.717, 1.165) is 66.5 Å². The lowest BCUT2D eigenvalue weighted by atomic mass is 9.92. The van der Waals surface area contributed by atoms with Crippen molar-refractivity contribution in [2.75, 3.05) is 13.1 Å². The largest absolute Gasteiger partial charge is 0.354 e. The van der Waals surface area contributed by atoms with Crippen LogP contribution in [0.25, 0.3) is 11.1 Å². The minimum Gasteiger partial charge on any atom is -0.354 e. The molecule has 0 saturated carbocycles. The maximum atomic E-state index is 13.5. The summed E-state index contributed by atoms with van der Waals surface area (Å²) in [7, 11) is 0. The van der Waals surface area contributed by atoms with Gasteiger partial charge in [-0.25, -0.2) is 0 Å². The fourth-order valence-electron chi connectivity index (χ4n) is 4.87. The van der Waals surface area contributed by atoms with Crippen LogP contribution < -0.4 is 11.1 Å². The van der Waals surface area contributed by atoms with E-state index < -0.39 is 6.04 Å². The molecule has 3 aromatic carbocycles. The summed E-state index contributed by atoms with van der Waals surface area (Å²) in [6.45, 7) is 1.85. The lowest BCUT2D eigenvalue weighted by molar-refractivity contribution is -0.141. The number of nitrogens with zero attached hydrogens (tertiary/aromatic N) is 1.